The molecule has 2 atom stereocenters. The molecule has 0 radical (unpaired) electrons. The van der Waals surface area contributed by atoms with Gasteiger partial charge in [0.05, 0.1) is 5.92 Å². The van der Waals surface area contributed by atoms with Crippen LogP contribution in [0.3, 0.4) is 0 Å². The summed E-state index contributed by atoms with van der Waals surface area (Å²) >= 11 is 0. The number of amides is 1. The van der Waals surface area contributed by atoms with Gasteiger partial charge in [0.2, 0.25) is 5.91 Å². The van der Waals surface area contributed by atoms with Gasteiger partial charge in [-0.3, -0.25) is 9.59 Å². The lowest BCUT2D eigenvalue weighted by Gasteiger charge is -2.19. The number of benzene rings is 1. The number of aryl methyl sites for hydroxylation is 2. The molecule has 1 aliphatic rings. The lowest BCUT2D eigenvalue weighted by molar-refractivity contribution is -0.122. The van der Waals surface area contributed by atoms with E-state index in [-0.39, 0.29) is 29.6 Å². The molecule has 1 aromatic carbocycles. The monoisotopic (exact) mass is 323 g/mol. The Balaban J connectivity index is 2.27. The van der Waals surface area contributed by atoms with Gasteiger partial charge in [-0.15, -0.1) is 6.42 Å². The first-order chi connectivity index (χ1) is 11.2. The highest BCUT2D eigenvalue weighted by atomic mass is 16.1. The van der Waals surface area contributed by atoms with Crippen LogP contribution >= 0.6 is 0 Å². The summed E-state index contributed by atoms with van der Waals surface area (Å²) in [7, 11) is 0. The number of hydrogen-bond donors (Lipinski definition) is 1. The second-order valence-electron chi connectivity index (χ2n) is 6.97. The van der Waals surface area contributed by atoms with Crippen molar-refractivity contribution < 1.29 is 9.59 Å². The fourth-order valence-electron chi connectivity index (χ4n) is 3.60. The van der Waals surface area contributed by atoms with E-state index in [1.165, 1.54) is 0 Å². The number of hydrogen-bond acceptors (Lipinski definition) is 2. The van der Waals surface area contributed by atoms with Crippen LogP contribution in [0.4, 0.5) is 0 Å². The molecule has 0 saturated heterocycles. The van der Waals surface area contributed by atoms with E-state index in [0.29, 0.717) is 12.8 Å². The van der Waals surface area contributed by atoms with Gasteiger partial charge in [0, 0.05) is 24.4 Å². The first-order valence-corrected chi connectivity index (χ1v) is 8.33. The van der Waals surface area contributed by atoms with Crippen LogP contribution in [0.5, 0.6) is 0 Å². The van der Waals surface area contributed by atoms with E-state index in [2.05, 4.69) is 17.8 Å². The average Bonchev–Trinajstić information content (AvgIpc) is 2.73. The van der Waals surface area contributed by atoms with Gasteiger partial charge in [0.25, 0.3) is 0 Å². The van der Waals surface area contributed by atoms with Crippen LogP contribution in [0.15, 0.2) is 24.3 Å². The van der Waals surface area contributed by atoms with Crippen LogP contribution in [0, 0.1) is 32.1 Å². The van der Waals surface area contributed by atoms with Crippen LogP contribution in [-0.2, 0) is 9.59 Å². The van der Waals surface area contributed by atoms with Crippen molar-refractivity contribution in [2.75, 3.05) is 0 Å². The molecule has 2 unspecified atom stereocenters. The minimum atomic E-state index is -0.325. The van der Waals surface area contributed by atoms with E-state index in [4.69, 9.17) is 6.42 Å². The second-order valence-corrected chi connectivity index (χ2v) is 6.97. The summed E-state index contributed by atoms with van der Waals surface area (Å²) in [5.41, 5.74) is 4.68. The highest BCUT2D eigenvalue weighted by Gasteiger charge is 2.39. The number of nitrogens with one attached hydrogen (secondary N) is 1. The zero-order valence-corrected chi connectivity index (χ0v) is 14.9. The molecule has 0 aliphatic heterocycles. The molecule has 1 aliphatic carbocycles. The van der Waals surface area contributed by atoms with Gasteiger partial charge >= 0.3 is 0 Å². The molecular formula is C21H25NO2. The summed E-state index contributed by atoms with van der Waals surface area (Å²) in [4.78, 5) is 24.7. The maximum atomic E-state index is 12.6. The van der Waals surface area contributed by atoms with Crippen molar-refractivity contribution in [1.82, 2.24) is 5.32 Å². The van der Waals surface area contributed by atoms with Crippen molar-refractivity contribution in [3.05, 3.63) is 46.5 Å². The molecule has 24 heavy (non-hydrogen) atoms. The third kappa shape index (κ3) is 3.59. The van der Waals surface area contributed by atoms with Crippen LogP contribution in [0.2, 0.25) is 0 Å². The molecule has 3 heteroatoms. The Morgan fingerprint density at radius 1 is 1.38 bits per heavy atom. The summed E-state index contributed by atoms with van der Waals surface area (Å²) in [6.45, 7) is 12.0. The zero-order valence-electron chi connectivity index (χ0n) is 14.9. The minimum Gasteiger partial charge on any atom is -0.354 e. The molecule has 2 rings (SSSR count). The highest BCUT2D eigenvalue weighted by molar-refractivity contribution is 5.94. The second kappa shape index (κ2) is 7.05. The predicted molar refractivity (Wildman–Crippen MR) is 96.7 cm³/mol. The van der Waals surface area contributed by atoms with Gasteiger partial charge in [0.15, 0.2) is 0 Å². The van der Waals surface area contributed by atoms with Crippen LogP contribution in [-0.4, -0.2) is 17.7 Å². The Hall–Kier alpha value is -2.34. The topological polar surface area (TPSA) is 46.2 Å². The standard InChI is InChI=1S/C21H25NO2/c1-7-16-8-13(4)20(14(5)9-16)21-15(6)17(10-18(21)23)11-19(24)22-12(2)3/h1,8-9,12,17,21H,6,10-11H2,2-5H3,(H,22,24). The van der Waals surface area contributed by atoms with Crippen LogP contribution in [0.25, 0.3) is 0 Å². The third-order valence-corrected chi connectivity index (χ3v) is 4.60. The summed E-state index contributed by atoms with van der Waals surface area (Å²) in [5, 5.41) is 2.88. The zero-order chi connectivity index (χ0) is 18.0. The normalized spacial score (nSPS) is 20.3. The van der Waals surface area contributed by atoms with Crippen molar-refractivity contribution in [3.63, 3.8) is 0 Å². The van der Waals surface area contributed by atoms with Gasteiger partial charge in [0.1, 0.15) is 5.78 Å². The summed E-state index contributed by atoms with van der Waals surface area (Å²) in [6, 6.07) is 3.96. The molecule has 1 aromatic rings. The lowest BCUT2D eigenvalue weighted by Crippen LogP contribution is -2.31. The number of Topliss-reactive ketones (excluding diaryl/α,β-unsaturated/α-hetero) is 1. The minimum absolute atomic E-state index is 0.0271. The van der Waals surface area contributed by atoms with E-state index >= 15 is 0 Å². The van der Waals surface area contributed by atoms with Gasteiger partial charge in [-0.1, -0.05) is 18.1 Å². The van der Waals surface area contributed by atoms with Crippen LogP contribution in [0.1, 0.15) is 54.9 Å². The van der Waals surface area contributed by atoms with Crippen molar-refractivity contribution >= 4 is 11.7 Å². The van der Waals surface area contributed by atoms with E-state index in [9.17, 15) is 9.59 Å². The largest absolute Gasteiger partial charge is 0.354 e. The molecule has 0 spiro atoms. The van der Waals surface area contributed by atoms with Gasteiger partial charge in [-0.25, -0.2) is 0 Å². The molecule has 126 valence electrons. The van der Waals surface area contributed by atoms with E-state index in [1.54, 1.807) is 0 Å². The predicted octanol–water partition coefficient (Wildman–Crippen LogP) is 3.43. The van der Waals surface area contributed by atoms with Crippen molar-refractivity contribution in [2.45, 2.75) is 52.5 Å². The van der Waals surface area contributed by atoms with Gasteiger partial charge in [-0.05, 0) is 62.4 Å². The Morgan fingerprint density at radius 3 is 2.46 bits per heavy atom. The number of carbonyl (C=O) groups is 2. The Bertz CT molecular complexity index is 714. The Labute approximate surface area is 144 Å². The number of ketones is 1. The number of terminal acetylenes is 1. The van der Waals surface area contributed by atoms with E-state index < -0.39 is 0 Å². The first kappa shape index (κ1) is 18.0. The molecule has 1 saturated carbocycles. The fourth-order valence-corrected chi connectivity index (χ4v) is 3.60. The maximum absolute atomic E-state index is 12.6. The van der Waals surface area contributed by atoms with Crippen LogP contribution < -0.4 is 5.32 Å². The molecule has 1 amide bonds. The quantitative estimate of drug-likeness (QED) is 0.681. The van der Waals surface area contributed by atoms with Gasteiger partial charge < -0.3 is 5.32 Å². The number of rotatable bonds is 4. The van der Waals surface area contributed by atoms with Crippen molar-refractivity contribution in [1.29, 1.82) is 0 Å². The molecule has 0 heterocycles. The van der Waals surface area contributed by atoms with Crippen molar-refractivity contribution in [3.8, 4) is 12.3 Å². The maximum Gasteiger partial charge on any atom is 0.220 e. The van der Waals surface area contributed by atoms with E-state index in [0.717, 1.165) is 27.8 Å². The smallest absolute Gasteiger partial charge is 0.220 e. The molecule has 1 fully saturated rings. The Morgan fingerprint density at radius 2 is 1.96 bits per heavy atom. The number of allylic oxidation sites excluding steroid dienone is 1. The van der Waals surface area contributed by atoms with Gasteiger partial charge in [-0.2, -0.15) is 0 Å². The summed E-state index contributed by atoms with van der Waals surface area (Å²) in [6.07, 6.45) is 6.18. The molecule has 0 aromatic heterocycles. The molecular weight excluding hydrogens is 298 g/mol. The molecule has 1 N–H and O–H groups in total. The highest BCUT2D eigenvalue weighted by Crippen LogP contribution is 2.43. The first-order valence-electron chi connectivity index (χ1n) is 8.33. The molecule has 0 bridgehead atoms. The average molecular weight is 323 g/mol. The third-order valence-electron chi connectivity index (χ3n) is 4.60. The molecule has 3 nitrogen and oxygen atoms in total. The number of carbonyl (C=O) groups excluding carboxylic acids is 2. The van der Waals surface area contributed by atoms with E-state index in [1.807, 2.05) is 39.8 Å². The SMILES string of the molecule is C#Cc1cc(C)c(C2C(=C)C(CC(=O)NC(C)C)CC2=O)c(C)c1. The summed E-state index contributed by atoms with van der Waals surface area (Å²) < 4.78 is 0. The van der Waals surface area contributed by atoms with Crippen molar-refractivity contribution in [2.24, 2.45) is 5.92 Å². The Kier molecular flexibility index (Phi) is 5.29. The lowest BCUT2D eigenvalue weighted by atomic mass is 9.84. The summed E-state index contributed by atoms with van der Waals surface area (Å²) in [5.74, 6) is 2.34. The fraction of sp³-hybridized carbons (Fsp3) is 0.429.